The minimum absolute atomic E-state index is 0.427. The largest absolute Gasteiger partial charge is 0.219 e. The van der Waals surface area contributed by atoms with Crippen LogP contribution in [-0.4, -0.2) is 8.42 Å². The van der Waals surface area contributed by atoms with Gasteiger partial charge in [-0.2, -0.15) is 0 Å². The van der Waals surface area contributed by atoms with Crippen molar-refractivity contribution < 1.29 is 8.42 Å². The van der Waals surface area contributed by atoms with Gasteiger partial charge in [-0.05, 0) is 61.1 Å². The molecule has 0 heterocycles. The molecule has 0 radical (unpaired) electrons. The van der Waals surface area contributed by atoms with Gasteiger partial charge < -0.3 is 0 Å². The molecule has 0 N–H and O–H groups in total. The standard InChI is InChI=1S/C30H46O2S/c1-3-5-7-9-11-13-15-19-27-21-17-23-29(25-27)33(31,32)30-24-18-22-28(26-30)20-16-14-12-10-8-6-4-2/h17-18,21-26H,3-16,19-20H2,1-2H3. The van der Waals surface area contributed by atoms with Gasteiger partial charge in [-0.25, -0.2) is 8.42 Å². The van der Waals surface area contributed by atoms with E-state index in [4.69, 9.17) is 0 Å². The first-order chi connectivity index (χ1) is 16.1. The predicted octanol–water partition coefficient (Wildman–Crippen LogP) is 9.11. The van der Waals surface area contributed by atoms with Gasteiger partial charge in [0.25, 0.3) is 0 Å². The molecule has 33 heavy (non-hydrogen) atoms. The van der Waals surface area contributed by atoms with Crippen molar-refractivity contribution in [1.82, 2.24) is 0 Å². The van der Waals surface area contributed by atoms with E-state index in [9.17, 15) is 8.42 Å². The van der Waals surface area contributed by atoms with Crippen LogP contribution in [-0.2, 0) is 22.7 Å². The molecule has 0 saturated carbocycles. The quantitative estimate of drug-likeness (QED) is 0.204. The van der Waals surface area contributed by atoms with E-state index in [2.05, 4.69) is 26.0 Å². The first kappa shape index (κ1) is 27.6. The fraction of sp³-hybridized carbons (Fsp3) is 0.600. The van der Waals surface area contributed by atoms with Crippen LogP contribution in [0.25, 0.3) is 0 Å². The number of aryl methyl sites for hydroxylation is 2. The topological polar surface area (TPSA) is 34.1 Å². The fourth-order valence-electron chi connectivity index (χ4n) is 4.44. The molecular formula is C30H46O2S. The molecule has 0 saturated heterocycles. The average molecular weight is 471 g/mol. The Morgan fingerprint density at radius 3 is 1.27 bits per heavy atom. The molecule has 2 aromatic rings. The second-order valence-electron chi connectivity index (χ2n) is 9.54. The Bertz CT molecular complexity index is 818. The summed E-state index contributed by atoms with van der Waals surface area (Å²) in [7, 11) is -3.48. The summed E-state index contributed by atoms with van der Waals surface area (Å²) in [4.78, 5) is 0.854. The summed E-state index contributed by atoms with van der Waals surface area (Å²) in [5, 5.41) is 0. The third-order valence-corrected chi connectivity index (χ3v) is 8.30. The lowest BCUT2D eigenvalue weighted by molar-refractivity contribution is 0.587. The highest BCUT2D eigenvalue weighted by Crippen LogP contribution is 2.24. The van der Waals surface area contributed by atoms with E-state index in [1.807, 2.05) is 24.3 Å². The van der Waals surface area contributed by atoms with Gasteiger partial charge in [-0.3, -0.25) is 0 Å². The molecule has 0 bridgehead atoms. The third kappa shape index (κ3) is 10.5. The Balaban J connectivity index is 1.88. The van der Waals surface area contributed by atoms with Crippen LogP contribution in [0.4, 0.5) is 0 Å². The van der Waals surface area contributed by atoms with Crippen LogP contribution in [0.3, 0.4) is 0 Å². The van der Waals surface area contributed by atoms with Crippen molar-refractivity contribution in [3.05, 3.63) is 59.7 Å². The number of sulfone groups is 1. The van der Waals surface area contributed by atoms with Gasteiger partial charge in [-0.1, -0.05) is 115 Å². The Kier molecular flexibility index (Phi) is 13.5. The minimum atomic E-state index is -3.48. The van der Waals surface area contributed by atoms with Crippen molar-refractivity contribution in [1.29, 1.82) is 0 Å². The van der Waals surface area contributed by atoms with Crippen LogP contribution >= 0.6 is 0 Å². The van der Waals surface area contributed by atoms with E-state index in [0.717, 1.165) is 36.8 Å². The number of hydrogen-bond donors (Lipinski definition) is 0. The lowest BCUT2D eigenvalue weighted by Gasteiger charge is -2.09. The van der Waals surface area contributed by atoms with Gasteiger partial charge >= 0.3 is 0 Å². The third-order valence-electron chi connectivity index (χ3n) is 6.56. The summed E-state index contributed by atoms with van der Waals surface area (Å²) in [6, 6.07) is 15.2. The summed E-state index contributed by atoms with van der Waals surface area (Å²) < 4.78 is 26.6. The zero-order valence-corrected chi connectivity index (χ0v) is 22.0. The van der Waals surface area contributed by atoms with E-state index < -0.39 is 9.84 Å². The highest BCUT2D eigenvalue weighted by molar-refractivity contribution is 7.91. The molecule has 0 aromatic heterocycles. The first-order valence-corrected chi connectivity index (χ1v) is 15.0. The molecule has 0 unspecified atom stereocenters. The summed E-state index contributed by atoms with van der Waals surface area (Å²) in [5.74, 6) is 0. The monoisotopic (exact) mass is 470 g/mol. The van der Waals surface area contributed by atoms with Crippen LogP contribution in [0.15, 0.2) is 58.3 Å². The minimum Gasteiger partial charge on any atom is -0.219 e. The highest BCUT2D eigenvalue weighted by atomic mass is 32.2. The van der Waals surface area contributed by atoms with E-state index in [1.54, 1.807) is 12.1 Å². The molecule has 0 aliphatic rings. The number of rotatable bonds is 18. The molecular weight excluding hydrogens is 424 g/mol. The molecule has 2 nitrogen and oxygen atoms in total. The summed E-state index contributed by atoms with van der Waals surface area (Å²) in [6.07, 6.45) is 19.7. The zero-order chi connectivity index (χ0) is 23.8. The molecule has 0 aliphatic carbocycles. The van der Waals surface area contributed by atoms with Gasteiger partial charge in [0.05, 0.1) is 9.79 Å². The van der Waals surface area contributed by atoms with Crippen LogP contribution < -0.4 is 0 Å². The molecule has 0 fully saturated rings. The van der Waals surface area contributed by atoms with Crippen molar-refractivity contribution in [3.63, 3.8) is 0 Å². The number of benzene rings is 2. The Morgan fingerprint density at radius 1 is 0.515 bits per heavy atom. The van der Waals surface area contributed by atoms with E-state index in [1.165, 1.54) is 77.0 Å². The Labute approximate surface area is 204 Å². The van der Waals surface area contributed by atoms with Crippen molar-refractivity contribution in [2.24, 2.45) is 0 Å². The molecule has 184 valence electrons. The SMILES string of the molecule is CCCCCCCCCc1cccc(S(=O)(=O)c2cccc(CCCCCCCCC)c2)c1. The fourth-order valence-corrected chi connectivity index (χ4v) is 5.85. The second kappa shape index (κ2) is 16.1. The van der Waals surface area contributed by atoms with Gasteiger partial charge in [0.2, 0.25) is 9.84 Å². The molecule has 2 rings (SSSR count). The molecule has 0 amide bonds. The zero-order valence-electron chi connectivity index (χ0n) is 21.2. The van der Waals surface area contributed by atoms with Crippen LogP contribution in [0.1, 0.15) is 115 Å². The smallest absolute Gasteiger partial charge is 0.206 e. The summed E-state index contributed by atoms with van der Waals surface area (Å²) in [6.45, 7) is 4.49. The summed E-state index contributed by atoms with van der Waals surface area (Å²) in [5.41, 5.74) is 2.26. The van der Waals surface area contributed by atoms with Gasteiger partial charge in [0, 0.05) is 0 Å². The van der Waals surface area contributed by atoms with Crippen molar-refractivity contribution in [2.75, 3.05) is 0 Å². The lowest BCUT2D eigenvalue weighted by Crippen LogP contribution is -2.03. The lowest BCUT2D eigenvalue weighted by atomic mass is 10.0. The second-order valence-corrected chi connectivity index (χ2v) is 11.5. The number of unbranched alkanes of at least 4 members (excludes halogenated alkanes) is 12. The van der Waals surface area contributed by atoms with E-state index >= 15 is 0 Å². The molecule has 0 aliphatic heterocycles. The van der Waals surface area contributed by atoms with Gasteiger partial charge in [-0.15, -0.1) is 0 Å². The first-order valence-electron chi connectivity index (χ1n) is 13.5. The molecule has 2 aromatic carbocycles. The maximum atomic E-state index is 13.3. The summed E-state index contributed by atoms with van der Waals surface area (Å²) >= 11 is 0. The van der Waals surface area contributed by atoms with E-state index in [-0.39, 0.29) is 0 Å². The van der Waals surface area contributed by atoms with Crippen LogP contribution in [0.2, 0.25) is 0 Å². The van der Waals surface area contributed by atoms with Crippen molar-refractivity contribution >= 4 is 9.84 Å². The maximum Gasteiger partial charge on any atom is 0.206 e. The Hall–Kier alpha value is -1.61. The predicted molar refractivity (Wildman–Crippen MR) is 142 cm³/mol. The highest BCUT2D eigenvalue weighted by Gasteiger charge is 2.18. The van der Waals surface area contributed by atoms with Crippen molar-refractivity contribution in [2.45, 2.75) is 126 Å². The Morgan fingerprint density at radius 2 is 0.879 bits per heavy atom. The van der Waals surface area contributed by atoms with E-state index in [0.29, 0.717) is 9.79 Å². The molecule has 0 atom stereocenters. The average Bonchev–Trinajstić information content (AvgIpc) is 2.83. The number of hydrogen-bond acceptors (Lipinski definition) is 2. The molecule has 0 spiro atoms. The molecule has 3 heteroatoms. The van der Waals surface area contributed by atoms with Gasteiger partial charge in [0.15, 0.2) is 0 Å². The maximum absolute atomic E-state index is 13.3. The van der Waals surface area contributed by atoms with Crippen LogP contribution in [0, 0.1) is 0 Å². The van der Waals surface area contributed by atoms with Gasteiger partial charge in [0.1, 0.15) is 0 Å². The van der Waals surface area contributed by atoms with Crippen LogP contribution in [0.5, 0.6) is 0 Å². The van der Waals surface area contributed by atoms with Crippen molar-refractivity contribution in [3.8, 4) is 0 Å². The normalized spacial score (nSPS) is 11.7.